The first-order chi connectivity index (χ1) is 7.95. The van der Waals surface area contributed by atoms with Crippen LogP contribution in [-0.2, 0) is 6.18 Å². The molecule has 1 unspecified atom stereocenters. The minimum Gasteiger partial charge on any atom is -0.271 e. The summed E-state index contributed by atoms with van der Waals surface area (Å²) in [6, 6.07) is 2.73. The summed E-state index contributed by atoms with van der Waals surface area (Å²) in [7, 11) is 0. The molecule has 2 nitrogen and oxygen atoms in total. The van der Waals surface area contributed by atoms with Gasteiger partial charge in [0.15, 0.2) is 0 Å². The zero-order valence-electron chi connectivity index (χ0n) is 8.89. The maximum Gasteiger partial charge on any atom is 0.419 e. The van der Waals surface area contributed by atoms with Crippen molar-refractivity contribution in [3.63, 3.8) is 0 Å². The molecule has 0 spiro atoms. The van der Waals surface area contributed by atoms with Crippen molar-refractivity contribution in [1.82, 2.24) is 5.43 Å². The van der Waals surface area contributed by atoms with Crippen LogP contribution in [-0.4, -0.2) is 0 Å². The zero-order valence-corrected chi connectivity index (χ0v) is 8.89. The third-order valence-electron chi connectivity index (χ3n) is 2.94. The monoisotopic (exact) mass is 248 g/mol. The number of hydrogen-bond donors (Lipinski definition) is 2. The molecule has 1 fully saturated rings. The van der Waals surface area contributed by atoms with Gasteiger partial charge in [-0.2, -0.15) is 13.2 Å². The molecule has 3 N–H and O–H groups in total. The molecular weight excluding hydrogens is 236 g/mol. The lowest BCUT2D eigenvalue weighted by molar-refractivity contribution is -0.140. The summed E-state index contributed by atoms with van der Waals surface area (Å²) in [6.07, 6.45) is -2.97. The lowest BCUT2D eigenvalue weighted by Crippen LogP contribution is -2.30. The quantitative estimate of drug-likeness (QED) is 0.490. The van der Waals surface area contributed by atoms with Crippen LogP contribution in [0, 0.1) is 11.7 Å². The van der Waals surface area contributed by atoms with E-state index in [0.29, 0.717) is 0 Å². The van der Waals surface area contributed by atoms with Gasteiger partial charge in [0.2, 0.25) is 0 Å². The Hall–Kier alpha value is -1.14. The van der Waals surface area contributed by atoms with Crippen molar-refractivity contribution < 1.29 is 17.6 Å². The van der Waals surface area contributed by atoms with Gasteiger partial charge in [-0.3, -0.25) is 11.3 Å². The Kier molecular flexibility index (Phi) is 3.09. The average Bonchev–Trinajstić information content (AvgIpc) is 3.04. The van der Waals surface area contributed by atoms with Crippen molar-refractivity contribution in [2.75, 3.05) is 0 Å². The molecule has 2 rings (SSSR count). The highest BCUT2D eigenvalue weighted by molar-refractivity contribution is 5.31. The molecule has 1 aromatic carbocycles. The first-order valence-electron chi connectivity index (χ1n) is 5.27. The van der Waals surface area contributed by atoms with E-state index in [9.17, 15) is 17.6 Å². The Morgan fingerprint density at radius 1 is 1.29 bits per heavy atom. The third-order valence-corrected chi connectivity index (χ3v) is 2.94. The molecule has 0 amide bonds. The molecule has 1 saturated carbocycles. The fourth-order valence-corrected chi connectivity index (χ4v) is 1.92. The minimum atomic E-state index is -4.68. The highest BCUT2D eigenvalue weighted by atomic mass is 19.4. The topological polar surface area (TPSA) is 38.0 Å². The molecule has 1 aromatic rings. The van der Waals surface area contributed by atoms with Crippen LogP contribution in [0.5, 0.6) is 0 Å². The van der Waals surface area contributed by atoms with Gasteiger partial charge in [-0.1, -0.05) is 12.1 Å². The molecule has 0 bridgehead atoms. The zero-order chi connectivity index (χ0) is 12.6. The second-order valence-electron chi connectivity index (χ2n) is 4.19. The summed E-state index contributed by atoms with van der Waals surface area (Å²) in [4.78, 5) is 0. The van der Waals surface area contributed by atoms with Gasteiger partial charge in [-0.15, -0.1) is 0 Å². The first kappa shape index (κ1) is 12.3. The predicted molar refractivity (Wildman–Crippen MR) is 54.2 cm³/mol. The number of hydrazine groups is 1. The van der Waals surface area contributed by atoms with Crippen molar-refractivity contribution in [2.24, 2.45) is 11.8 Å². The molecular formula is C11H12F4N2. The van der Waals surface area contributed by atoms with Crippen LogP contribution in [0.25, 0.3) is 0 Å². The molecule has 1 aliphatic carbocycles. The van der Waals surface area contributed by atoms with Crippen LogP contribution in [0.1, 0.15) is 30.0 Å². The lowest BCUT2D eigenvalue weighted by Gasteiger charge is -2.18. The molecule has 0 saturated heterocycles. The highest BCUT2D eigenvalue weighted by Gasteiger charge is 2.38. The predicted octanol–water partition coefficient (Wildman–Crippen LogP) is 2.76. The Bertz CT molecular complexity index is 412. The van der Waals surface area contributed by atoms with Crippen molar-refractivity contribution in [3.05, 3.63) is 35.1 Å². The number of nitrogens with two attached hydrogens (primary N) is 1. The number of halogens is 4. The maximum atomic E-state index is 13.8. The van der Waals surface area contributed by atoms with E-state index in [1.807, 2.05) is 0 Å². The molecule has 6 heteroatoms. The molecule has 1 aliphatic rings. The van der Waals surface area contributed by atoms with Gasteiger partial charge >= 0.3 is 6.18 Å². The summed E-state index contributed by atoms with van der Waals surface area (Å²) in [5.74, 6) is 4.17. The van der Waals surface area contributed by atoms with E-state index in [2.05, 4.69) is 5.43 Å². The number of nitrogens with one attached hydrogen (secondary N) is 1. The molecule has 0 radical (unpaired) electrons. The molecule has 94 valence electrons. The van der Waals surface area contributed by atoms with Crippen molar-refractivity contribution in [1.29, 1.82) is 0 Å². The van der Waals surface area contributed by atoms with Crippen molar-refractivity contribution >= 4 is 0 Å². The summed E-state index contributed by atoms with van der Waals surface area (Å²) in [5, 5.41) is 0. The second-order valence-corrected chi connectivity index (χ2v) is 4.19. The lowest BCUT2D eigenvalue weighted by atomic mass is 9.99. The Morgan fingerprint density at radius 2 is 1.94 bits per heavy atom. The van der Waals surface area contributed by atoms with Crippen molar-refractivity contribution in [3.8, 4) is 0 Å². The summed E-state index contributed by atoms with van der Waals surface area (Å²) < 4.78 is 51.3. The van der Waals surface area contributed by atoms with E-state index in [-0.39, 0.29) is 11.5 Å². The first-order valence-corrected chi connectivity index (χ1v) is 5.27. The van der Waals surface area contributed by atoms with Crippen LogP contribution in [0.3, 0.4) is 0 Å². The van der Waals surface area contributed by atoms with Gasteiger partial charge in [0.05, 0.1) is 11.6 Å². The van der Waals surface area contributed by atoms with Gasteiger partial charge in [-0.05, 0) is 24.8 Å². The molecule has 0 aliphatic heterocycles. The van der Waals surface area contributed by atoms with Gasteiger partial charge < -0.3 is 0 Å². The van der Waals surface area contributed by atoms with Crippen LogP contribution in [0.15, 0.2) is 18.2 Å². The van der Waals surface area contributed by atoms with E-state index in [1.165, 1.54) is 12.1 Å². The summed E-state index contributed by atoms with van der Waals surface area (Å²) in [5.41, 5.74) is 1.14. The number of rotatable bonds is 3. The summed E-state index contributed by atoms with van der Waals surface area (Å²) in [6.45, 7) is 0. The fraction of sp³-hybridized carbons (Fsp3) is 0.455. The third kappa shape index (κ3) is 2.42. The van der Waals surface area contributed by atoms with Crippen LogP contribution in [0.4, 0.5) is 17.6 Å². The second kappa shape index (κ2) is 4.27. The normalized spacial score (nSPS) is 18.2. The SMILES string of the molecule is NNC(c1cccc(C(F)(F)F)c1F)C1CC1. The smallest absolute Gasteiger partial charge is 0.271 e. The number of alkyl halides is 3. The van der Waals surface area contributed by atoms with Gasteiger partial charge in [0.25, 0.3) is 0 Å². The molecule has 0 aromatic heterocycles. The molecule has 1 atom stereocenters. The number of benzene rings is 1. The Balaban J connectivity index is 2.41. The molecule has 17 heavy (non-hydrogen) atoms. The van der Waals surface area contributed by atoms with E-state index in [4.69, 9.17) is 5.84 Å². The Morgan fingerprint density at radius 3 is 2.41 bits per heavy atom. The highest BCUT2D eigenvalue weighted by Crippen LogP contribution is 2.43. The standard InChI is InChI=1S/C11H12F4N2/c12-9-7(10(17-16)6-4-5-6)2-1-3-8(9)11(13,14)15/h1-3,6,10,17H,4-5,16H2. The van der Waals surface area contributed by atoms with Crippen LogP contribution >= 0.6 is 0 Å². The minimum absolute atomic E-state index is 0.00942. The van der Waals surface area contributed by atoms with Crippen LogP contribution < -0.4 is 11.3 Å². The van der Waals surface area contributed by atoms with Gasteiger partial charge in [0.1, 0.15) is 5.82 Å². The van der Waals surface area contributed by atoms with E-state index < -0.39 is 23.6 Å². The summed E-state index contributed by atoms with van der Waals surface area (Å²) >= 11 is 0. The van der Waals surface area contributed by atoms with E-state index in [1.54, 1.807) is 0 Å². The van der Waals surface area contributed by atoms with Crippen LogP contribution in [0.2, 0.25) is 0 Å². The largest absolute Gasteiger partial charge is 0.419 e. The van der Waals surface area contributed by atoms with Gasteiger partial charge in [-0.25, -0.2) is 4.39 Å². The van der Waals surface area contributed by atoms with Crippen molar-refractivity contribution in [2.45, 2.75) is 25.1 Å². The fourth-order valence-electron chi connectivity index (χ4n) is 1.92. The van der Waals surface area contributed by atoms with E-state index in [0.717, 1.165) is 18.9 Å². The Labute approximate surface area is 95.8 Å². The average molecular weight is 248 g/mol. The van der Waals surface area contributed by atoms with E-state index >= 15 is 0 Å². The maximum absolute atomic E-state index is 13.8. The number of hydrogen-bond acceptors (Lipinski definition) is 2. The molecule has 0 heterocycles. The van der Waals surface area contributed by atoms with Gasteiger partial charge in [0, 0.05) is 5.56 Å².